The van der Waals surface area contributed by atoms with Crippen LogP contribution < -0.4 is 0 Å². The minimum atomic E-state index is -0.647. The highest BCUT2D eigenvalue weighted by atomic mass is 16.5. The van der Waals surface area contributed by atoms with Gasteiger partial charge < -0.3 is 20.1 Å². The summed E-state index contributed by atoms with van der Waals surface area (Å²) in [4.78, 5) is 11.6. The fourth-order valence-corrected chi connectivity index (χ4v) is 1.46. The molecule has 0 bridgehead atoms. The minimum Gasteiger partial charge on any atom is -0.504 e. The van der Waals surface area contributed by atoms with Gasteiger partial charge in [0.1, 0.15) is 0 Å². The number of carbonyl (C=O) groups excluding carboxylic acids is 1. The third-order valence-electron chi connectivity index (χ3n) is 2.46. The quantitative estimate of drug-likeness (QED) is 0.426. The van der Waals surface area contributed by atoms with Crippen LogP contribution in [0.2, 0.25) is 0 Å². The Morgan fingerprint density at radius 1 is 1.22 bits per heavy atom. The summed E-state index contributed by atoms with van der Waals surface area (Å²) >= 11 is 0. The van der Waals surface area contributed by atoms with Crippen molar-refractivity contribution >= 4 is 5.97 Å². The van der Waals surface area contributed by atoms with E-state index in [1.54, 1.807) is 0 Å². The second-order valence-corrected chi connectivity index (χ2v) is 4.54. The van der Waals surface area contributed by atoms with Gasteiger partial charge in [0.25, 0.3) is 0 Å². The monoisotopic (exact) mass is 254 g/mol. The van der Waals surface area contributed by atoms with Gasteiger partial charge in [-0.1, -0.05) is 13.8 Å². The Bertz CT molecular complexity index is 402. The molecule has 3 N–H and O–H groups in total. The molecule has 1 aromatic carbocycles. The van der Waals surface area contributed by atoms with Crippen LogP contribution in [0.3, 0.4) is 0 Å². The van der Waals surface area contributed by atoms with Crippen LogP contribution in [-0.4, -0.2) is 27.9 Å². The van der Waals surface area contributed by atoms with Gasteiger partial charge >= 0.3 is 5.97 Å². The fourth-order valence-electron chi connectivity index (χ4n) is 1.46. The summed E-state index contributed by atoms with van der Waals surface area (Å²) in [5.74, 6) is -1.84. The number of hydrogen-bond donors (Lipinski definition) is 3. The van der Waals surface area contributed by atoms with Crippen molar-refractivity contribution in [1.29, 1.82) is 0 Å². The smallest absolute Gasteiger partial charge is 0.338 e. The molecule has 0 saturated carbocycles. The third-order valence-corrected chi connectivity index (χ3v) is 2.46. The maximum absolute atomic E-state index is 11.6. The predicted molar refractivity (Wildman–Crippen MR) is 65.8 cm³/mol. The molecule has 0 aliphatic heterocycles. The average molecular weight is 254 g/mol. The number of phenols is 3. The number of benzene rings is 1. The van der Waals surface area contributed by atoms with Crippen molar-refractivity contribution in [3.8, 4) is 17.2 Å². The van der Waals surface area contributed by atoms with E-state index in [1.807, 2.05) is 0 Å². The molecule has 18 heavy (non-hydrogen) atoms. The molecule has 0 spiro atoms. The molecule has 0 saturated heterocycles. The van der Waals surface area contributed by atoms with Crippen LogP contribution in [0.5, 0.6) is 17.2 Å². The van der Waals surface area contributed by atoms with Crippen molar-refractivity contribution in [3.05, 3.63) is 17.7 Å². The summed E-state index contributed by atoms with van der Waals surface area (Å²) in [6.07, 6.45) is 1.72. The van der Waals surface area contributed by atoms with Crippen molar-refractivity contribution in [2.24, 2.45) is 5.92 Å². The van der Waals surface area contributed by atoms with Gasteiger partial charge in [-0.3, -0.25) is 0 Å². The lowest BCUT2D eigenvalue weighted by Crippen LogP contribution is -2.07. The Morgan fingerprint density at radius 3 is 2.28 bits per heavy atom. The summed E-state index contributed by atoms with van der Waals surface area (Å²) in [5.41, 5.74) is 0.00680. The van der Waals surface area contributed by atoms with E-state index >= 15 is 0 Å². The van der Waals surface area contributed by atoms with Crippen LogP contribution in [0.1, 0.15) is 37.0 Å². The maximum Gasteiger partial charge on any atom is 0.338 e. The standard InChI is InChI=1S/C13H18O5/c1-8(2)4-3-5-18-13(17)9-6-10(14)12(16)11(15)7-9/h6-8,14-16H,3-5H2,1-2H3. The van der Waals surface area contributed by atoms with Crippen molar-refractivity contribution in [3.63, 3.8) is 0 Å². The highest BCUT2D eigenvalue weighted by molar-refractivity contribution is 5.91. The number of esters is 1. The highest BCUT2D eigenvalue weighted by Crippen LogP contribution is 2.35. The number of carbonyl (C=O) groups is 1. The number of ether oxygens (including phenoxy) is 1. The first-order valence-electron chi connectivity index (χ1n) is 5.84. The zero-order valence-corrected chi connectivity index (χ0v) is 10.5. The van der Waals surface area contributed by atoms with E-state index in [9.17, 15) is 15.0 Å². The van der Waals surface area contributed by atoms with Crippen molar-refractivity contribution in [1.82, 2.24) is 0 Å². The van der Waals surface area contributed by atoms with Gasteiger partial charge in [0.2, 0.25) is 0 Å². The highest BCUT2D eigenvalue weighted by Gasteiger charge is 2.14. The molecule has 0 aromatic heterocycles. The zero-order valence-electron chi connectivity index (χ0n) is 10.5. The second-order valence-electron chi connectivity index (χ2n) is 4.54. The Balaban J connectivity index is 2.57. The van der Waals surface area contributed by atoms with E-state index < -0.39 is 23.2 Å². The lowest BCUT2D eigenvalue weighted by molar-refractivity contribution is 0.0493. The molecule has 100 valence electrons. The van der Waals surface area contributed by atoms with Crippen LogP contribution in [-0.2, 0) is 4.74 Å². The van der Waals surface area contributed by atoms with E-state index in [1.165, 1.54) is 0 Å². The first kappa shape index (κ1) is 14.2. The molecule has 5 heteroatoms. The van der Waals surface area contributed by atoms with Gasteiger partial charge in [-0.05, 0) is 30.9 Å². The molecule has 0 atom stereocenters. The molecule has 0 radical (unpaired) electrons. The summed E-state index contributed by atoms with van der Waals surface area (Å²) in [6.45, 7) is 4.45. The summed E-state index contributed by atoms with van der Waals surface area (Å²) in [5, 5.41) is 27.6. The van der Waals surface area contributed by atoms with Crippen LogP contribution in [0.4, 0.5) is 0 Å². The van der Waals surface area contributed by atoms with Gasteiger partial charge in [-0.2, -0.15) is 0 Å². The van der Waals surface area contributed by atoms with Crippen LogP contribution >= 0.6 is 0 Å². The third kappa shape index (κ3) is 3.84. The van der Waals surface area contributed by atoms with E-state index in [0.29, 0.717) is 12.5 Å². The summed E-state index contributed by atoms with van der Waals surface area (Å²) < 4.78 is 4.99. The molecule has 5 nitrogen and oxygen atoms in total. The first-order valence-corrected chi connectivity index (χ1v) is 5.84. The van der Waals surface area contributed by atoms with Crippen LogP contribution in [0, 0.1) is 5.92 Å². The molecular formula is C13H18O5. The molecule has 1 rings (SSSR count). The molecule has 0 aliphatic rings. The number of rotatable bonds is 5. The SMILES string of the molecule is CC(C)CCCOC(=O)c1cc(O)c(O)c(O)c1. The molecular weight excluding hydrogens is 236 g/mol. The maximum atomic E-state index is 11.6. The van der Waals surface area contributed by atoms with Gasteiger partial charge in [0.05, 0.1) is 12.2 Å². The lowest BCUT2D eigenvalue weighted by atomic mass is 10.1. The minimum absolute atomic E-state index is 0.00680. The van der Waals surface area contributed by atoms with Crippen LogP contribution in [0.15, 0.2) is 12.1 Å². The van der Waals surface area contributed by atoms with Gasteiger partial charge in [-0.15, -0.1) is 0 Å². The Hall–Kier alpha value is -1.91. The topological polar surface area (TPSA) is 87.0 Å². The lowest BCUT2D eigenvalue weighted by Gasteiger charge is -2.08. The van der Waals surface area contributed by atoms with E-state index in [4.69, 9.17) is 9.84 Å². The summed E-state index contributed by atoms with van der Waals surface area (Å²) in [6, 6.07) is 2.11. The van der Waals surface area contributed by atoms with Gasteiger partial charge in [0, 0.05) is 0 Å². The molecule has 0 amide bonds. The van der Waals surface area contributed by atoms with Crippen molar-refractivity contribution in [2.45, 2.75) is 26.7 Å². The Labute approximate surface area is 106 Å². The summed E-state index contributed by atoms with van der Waals surface area (Å²) in [7, 11) is 0. The van der Waals surface area contributed by atoms with E-state index in [-0.39, 0.29) is 5.56 Å². The fraction of sp³-hybridized carbons (Fsp3) is 0.462. The molecule has 0 unspecified atom stereocenters. The molecule has 0 aliphatic carbocycles. The van der Waals surface area contributed by atoms with Crippen LogP contribution in [0.25, 0.3) is 0 Å². The van der Waals surface area contributed by atoms with E-state index in [0.717, 1.165) is 25.0 Å². The van der Waals surface area contributed by atoms with Gasteiger partial charge in [0.15, 0.2) is 17.2 Å². The first-order chi connectivity index (χ1) is 8.41. The van der Waals surface area contributed by atoms with Crippen molar-refractivity contribution < 1.29 is 24.9 Å². The number of aromatic hydroxyl groups is 3. The van der Waals surface area contributed by atoms with Gasteiger partial charge in [-0.25, -0.2) is 4.79 Å². The normalized spacial score (nSPS) is 10.6. The second kappa shape index (κ2) is 6.14. The Morgan fingerprint density at radius 2 is 1.78 bits per heavy atom. The average Bonchev–Trinajstić information content (AvgIpc) is 2.30. The number of hydrogen-bond acceptors (Lipinski definition) is 5. The zero-order chi connectivity index (χ0) is 13.7. The molecule has 1 aromatic rings. The Kier molecular flexibility index (Phi) is 4.83. The van der Waals surface area contributed by atoms with E-state index in [2.05, 4.69) is 13.8 Å². The number of phenolic OH excluding ortho intramolecular Hbond substituents is 3. The van der Waals surface area contributed by atoms with Crippen molar-refractivity contribution in [2.75, 3.05) is 6.61 Å². The molecule has 0 fully saturated rings. The predicted octanol–water partition coefficient (Wildman–Crippen LogP) is 2.40. The largest absolute Gasteiger partial charge is 0.504 e. The molecule has 0 heterocycles.